The Labute approximate surface area is 83.9 Å². The number of nitrogens with two attached hydrogens (primary N) is 2. The summed E-state index contributed by atoms with van der Waals surface area (Å²) >= 11 is 0. The summed E-state index contributed by atoms with van der Waals surface area (Å²) in [5.41, 5.74) is 11.8. The lowest BCUT2D eigenvalue weighted by Crippen LogP contribution is -1.92. The Morgan fingerprint density at radius 3 is 2.23 bits per heavy atom. The summed E-state index contributed by atoms with van der Waals surface area (Å²) in [6, 6.07) is 4.37. The Hall–Kier alpha value is -1.21. The average molecular weight is 219 g/mol. The highest BCUT2D eigenvalue weighted by molar-refractivity contribution is 7.61. The summed E-state index contributed by atoms with van der Waals surface area (Å²) in [7, 11) is -2.45. The van der Waals surface area contributed by atoms with Crippen molar-refractivity contribution in [3.8, 4) is 0 Å². The van der Waals surface area contributed by atoms with Crippen molar-refractivity contribution >= 4 is 41.1 Å². The normalized spacial score (nSPS) is 8.62. The highest BCUT2D eigenvalue weighted by atomic mass is 32.2. The van der Waals surface area contributed by atoms with Crippen LogP contribution in [-0.2, 0) is 10.5 Å². The predicted octanol–water partition coefficient (Wildman–Crippen LogP) is 0.658. The average Bonchev–Trinajstić information content (AvgIpc) is 1.96. The molecule has 0 spiro atoms. The van der Waals surface area contributed by atoms with E-state index in [1.807, 2.05) is 0 Å². The van der Waals surface area contributed by atoms with Crippen LogP contribution in [0.4, 0.5) is 17.1 Å². The van der Waals surface area contributed by atoms with Gasteiger partial charge in [-0.2, -0.15) is 21.9 Å². The highest BCUT2D eigenvalue weighted by Crippen LogP contribution is 2.21. The molecule has 1 aromatic rings. The maximum absolute atomic E-state index is 10.1. The van der Waals surface area contributed by atoms with E-state index in [4.69, 9.17) is 11.5 Å². The van der Waals surface area contributed by atoms with Gasteiger partial charge in [-0.1, -0.05) is 0 Å². The zero-order valence-electron chi connectivity index (χ0n) is 6.56. The Morgan fingerprint density at radius 2 is 1.77 bits per heavy atom. The van der Waals surface area contributed by atoms with Crippen LogP contribution in [0.2, 0.25) is 0 Å². The van der Waals surface area contributed by atoms with Gasteiger partial charge in [-0.3, -0.25) is 0 Å². The molecule has 7 heteroatoms. The number of rotatable bonds is 1. The Kier molecular flexibility index (Phi) is 4.29. The Bertz CT molecular complexity index is 420. The molecular weight excluding hydrogens is 210 g/mol. The number of hydrogen-bond donors (Lipinski definition) is 2. The van der Waals surface area contributed by atoms with Crippen molar-refractivity contribution in [1.82, 2.24) is 0 Å². The van der Waals surface area contributed by atoms with Crippen molar-refractivity contribution < 1.29 is 8.42 Å². The summed E-state index contributed by atoms with van der Waals surface area (Å²) in [6.45, 7) is 0. The standard InChI is InChI=1S/C6H7N3O2S.H2S/c7-5-2-1-4(3-6(5)8)9-12(10)11;/h1-3H,7-8H2;1H2. The van der Waals surface area contributed by atoms with Crippen molar-refractivity contribution in [1.29, 1.82) is 0 Å². The molecule has 0 unspecified atom stereocenters. The summed E-state index contributed by atoms with van der Waals surface area (Å²) in [5.74, 6) is 0. The van der Waals surface area contributed by atoms with Crippen LogP contribution >= 0.6 is 13.5 Å². The minimum atomic E-state index is -2.45. The number of anilines is 2. The largest absolute Gasteiger partial charge is 0.397 e. The van der Waals surface area contributed by atoms with Crippen LogP contribution in [0.5, 0.6) is 0 Å². The van der Waals surface area contributed by atoms with Crippen molar-refractivity contribution in [3.05, 3.63) is 18.2 Å². The van der Waals surface area contributed by atoms with Gasteiger partial charge in [-0.25, -0.2) is 0 Å². The van der Waals surface area contributed by atoms with Crippen LogP contribution < -0.4 is 11.5 Å². The van der Waals surface area contributed by atoms with Crippen LogP contribution in [0.1, 0.15) is 0 Å². The van der Waals surface area contributed by atoms with E-state index in [0.717, 1.165) is 0 Å². The molecule has 0 fully saturated rings. The third-order valence-electron chi connectivity index (χ3n) is 1.25. The third-order valence-corrected chi connectivity index (χ3v) is 1.61. The van der Waals surface area contributed by atoms with Crippen LogP contribution in [0.3, 0.4) is 0 Å². The molecule has 0 aliphatic carbocycles. The molecular formula is C6H9N3O2S2. The van der Waals surface area contributed by atoms with Gasteiger partial charge in [-0.15, -0.1) is 4.36 Å². The van der Waals surface area contributed by atoms with Crippen molar-refractivity contribution in [2.75, 3.05) is 11.5 Å². The van der Waals surface area contributed by atoms with E-state index in [-0.39, 0.29) is 19.2 Å². The number of nitrogens with zero attached hydrogens (tertiary/aromatic N) is 1. The second-order valence-electron chi connectivity index (χ2n) is 2.12. The number of nitrogen functional groups attached to an aromatic ring is 2. The van der Waals surface area contributed by atoms with E-state index < -0.39 is 10.5 Å². The van der Waals surface area contributed by atoms with E-state index in [2.05, 4.69) is 4.36 Å². The SMILES string of the molecule is Nc1ccc(N=S(=O)=O)cc1N.S. The first-order chi connectivity index (χ1) is 5.59. The number of hydrogen-bond acceptors (Lipinski definition) is 5. The van der Waals surface area contributed by atoms with Gasteiger partial charge in [0, 0.05) is 0 Å². The molecule has 0 saturated carbocycles. The molecule has 0 bridgehead atoms. The smallest absolute Gasteiger partial charge is 0.316 e. The fourth-order valence-electron chi connectivity index (χ4n) is 0.705. The van der Waals surface area contributed by atoms with E-state index >= 15 is 0 Å². The molecule has 1 rings (SSSR count). The van der Waals surface area contributed by atoms with Gasteiger partial charge < -0.3 is 11.5 Å². The van der Waals surface area contributed by atoms with Gasteiger partial charge in [0.1, 0.15) is 0 Å². The lowest BCUT2D eigenvalue weighted by atomic mass is 10.2. The maximum atomic E-state index is 10.1. The monoisotopic (exact) mass is 219 g/mol. The molecule has 5 nitrogen and oxygen atoms in total. The molecule has 72 valence electrons. The maximum Gasteiger partial charge on any atom is 0.316 e. The van der Waals surface area contributed by atoms with E-state index in [1.54, 1.807) is 0 Å². The Morgan fingerprint density at radius 1 is 1.15 bits per heavy atom. The van der Waals surface area contributed by atoms with Crippen molar-refractivity contribution in [2.45, 2.75) is 0 Å². The van der Waals surface area contributed by atoms with Gasteiger partial charge in [0.05, 0.1) is 17.1 Å². The Balaban J connectivity index is 0.00000144. The van der Waals surface area contributed by atoms with Gasteiger partial charge in [0.2, 0.25) is 0 Å². The first-order valence-corrected chi connectivity index (χ1v) is 4.09. The van der Waals surface area contributed by atoms with Crippen molar-refractivity contribution in [3.63, 3.8) is 0 Å². The summed E-state index contributed by atoms with van der Waals surface area (Å²) in [4.78, 5) is 0. The highest BCUT2D eigenvalue weighted by Gasteiger charge is 1.95. The molecule has 0 aliphatic heterocycles. The zero-order chi connectivity index (χ0) is 9.14. The molecule has 0 amide bonds. The van der Waals surface area contributed by atoms with E-state index in [1.165, 1.54) is 18.2 Å². The van der Waals surface area contributed by atoms with E-state index in [0.29, 0.717) is 11.4 Å². The molecule has 0 aromatic heterocycles. The minimum Gasteiger partial charge on any atom is -0.397 e. The third kappa shape index (κ3) is 3.34. The fraction of sp³-hybridized carbons (Fsp3) is 0. The van der Waals surface area contributed by atoms with Crippen LogP contribution in [0.25, 0.3) is 0 Å². The van der Waals surface area contributed by atoms with Gasteiger partial charge in [0.15, 0.2) is 0 Å². The first-order valence-electron chi connectivity index (χ1n) is 3.05. The van der Waals surface area contributed by atoms with Gasteiger partial charge in [-0.05, 0) is 18.2 Å². The summed E-state index contributed by atoms with van der Waals surface area (Å²) in [5, 5.41) is 0. The summed E-state index contributed by atoms with van der Waals surface area (Å²) in [6.07, 6.45) is 0. The second-order valence-corrected chi connectivity index (χ2v) is 2.74. The molecule has 0 radical (unpaired) electrons. The molecule has 0 atom stereocenters. The fourth-order valence-corrected chi connectivity index (χ4v) is 0.991. The van der Waals surface area contributed by atoms with Crippen LogP contribution in [0.15, 0.2) is 22.6 Å². The molecule has 0 heterocycles. The summed E-state index contributed by atoms with van der Waals surface area (Å²) < 4.78 is 23.5. The quantitative estimate of drug-likeness (QED) is 0.678. The van der Waals surface area contributed by atoms with E-state index in [9.17, 15) is 8.42 Å². The molecule has 0 aliphatic rings. The lowest BCUT2D eigenvalue weighted by Gasteiger charge is -1.97. The van der Waals surface area contributed by atoms with Crippen molar-refractivity contribution in [2.24, 2.45) is 4.36 Å². The number of benzene rings is 1. The van der Waals surface area contributed by atoms with Crippen LogP contribution in [0, 0.1) is 0 Å². The van der Waals surface area contributed by atoms with Gasteiger partial charge >= 0.3 is 10.5 Å². The lowest BCUT2D eigenvalue weighted by molar-refractivity contribution is 0.622. The van der Waals surface area contributed by atoms with Crippen LogP contribution in [-0.4, -0.2) is 8.42 Å². The van der Waals surface area contributed by atoms with Gasteiger partial charge in [0.25, 0.3) is 0 Å². The molecule has 4 N–H and O–H groups in total. The molecule has 13 heavy (non-hydrogen) atoms. The molecule has 1 aromatic carbocycles. The zero-order valence-corrected chi connectivity index (χ0v) is 8.38. The minimum absolute atomic E-state index is 0. The predicted molar refractivity (Wildman–Crippen MR) is 56.7 cm³/mol. The second kappa shape index (κ2) is 4.73. The molecule has 0 saturated heterocycles. The topological polar surface area (TPSA) is 98.5 Å². The first kappa shape index (κ1) is 11.8.